The Labute approximate surface area is 199 Å². The van der Waals surface area contributed by atoms with Gasteiger partial charge in [-0.3, -0.25) is 9.97 Å². The molecule has 0 radical (unpaired) electrons. The van der Waals surface area contributed by atoms with Crippen LogP contribution in [0.25, 0.3) is 0 Å². The maximum atomic E-state index is 14.1. The third-order valence-electron chi connectivity index (χ3n) is 5.07. The Morgan fingerprint density at radius 3 is 2.70 bits per heavy atom. The molecular weight excluding hydrogens is 468 g/mol. The number of allylic oxidation sites excluding steroid dienone is 2. The minimum atomic E-state index is -0.783. The molecule has 1 aliphatic rings. The van der Waals surface area contributed by atoms with E-state index in [-0.39, 0.29) is 12.3 Å². The lowest BCUT2D eigenvalue weighted by molar-refractivity contribution is 0.198. The summed E-state index contributed by atoms with van der Waals surface area (Å²) < 4.78 is 33.1. The van der Waals surface area contributed by atoms with Gasteiger partial charge in [-0.05, 0) is 37.8 Å². The van der Waals surface area contributed by atoms with Crippen LogP contribution in [0.5, 0.6) is 0 Å². The highest BCUT2D eigenvalue weighted by Gasteiger charge is 2.34. The number of hydrogen-bond acceptors (Lipinski definition) is 7. The van der Waals surface area contributed by atoms with Crippen LogP contribution in [0.1, 0.15) is 29.9 Å². The zero-order valence-corrected chi connectivity index (χ0v) is 19.7. The van der Waals surface area contributed by atoms with E-state index in [2.05, 4.69) is 24.8 Å². The van der Waals surface area contributed by atoms with E-state index in [0.717, 1.165) is 29.2 Å². The van der Waals surface area contributed by atoms with Crippen molar-refractivity contribution in [2.45, 2.75) is 31.7 Å². The Hall–Kier alpha value is -3.04. The highest BCUT2D eigenvalue weighted by molar-refractivity contribution is 7.98. The molecule has 0 aromatic carbocycles. The molecule has 0 aliphatic carbocycles. The summed E-state index contributed by atoms with van der Waals surface area (Å²) in [5.41, 5.74) is 3.37. The van der Waals surface area contributed by atoms with Gasteiger partial charge in [-0.1, -0.05) is 23.4 Å². The van der Waals surface area contributed by atoms with Crippen LogP contribution in [0.2, 0.25) is 0 Å². The Morgan fingerprint density at radius 1 is 1.15 bits per heavy atom. The molecule has 1 unspecified atom stereocenters. The van der Waals surface area contributed by atoms with Gasteiger partial charge < -0.3 is 9.64 Å². The number of aromatic nitrogens is 4. The fourth-order valence-electron chi connectivity index (χ4n) is 3.52. The monoisotopic (exact) mass is 487 g/mol. The highest BCUT2D eigenvalue weighted by Crippen LogP contribution is 2.43. The van der Waals surface area contributed by atoms with Gasteiger partial charge in [0.25, 0.3) is 0 Å². The van der Waals surface area contributed by atoms with Crippen molar-refractivity contribution in [2.24, 2.45) is 0 Å². The lowest BCUT2D eigenvalue weighted by atomic mass is 10.0. The Bertz CT molecular complexity index is 1250. The van der Waals surface area contributed by atoms with Gasteiger partial charge in [0.2, 0.25) is 0 Å². The maximum absolute atomic E-state index is 14.1. The molecule has 4 rings (SSSR count). The molecule has 1 atom stereocenters. The van der Waals surface area contributed by atoms with Gasteiger partial charge in [-0.25, -0.2) is 18.7 Å². The van der Waals surface area contributed by atoms with E-state index < -0.39 is 17.7 Å². The average molecular weight is 488 g/mol. The normalized spacial score (nSPS) is 16.1. The summed E-state index contributed by atoms with van der Waals surface area (Å²) in [5.74, 6) is -1.18. The van der Waals surface area contributed by atoms with Crippen molar-refractivity contribution >= 4 is 29.1 Å². The number of thioether (sulfide) groups is 1. The highest BCUT2D eigenvalue weighted by atomic mass is 35.5. The molecule has 0 spiro atoms. The zero-order valence-electron chi connectivity index (χ0n) is 18.1. The quantitative estimate of drug-likeness (QED) is 0.326. The van der Waals surface area contributed by atoms with Crippen molar-refractivity contribution in [1.82, 2.24) is 19.9 Å². The van der Waals surface area contributed by atoms with Crippen molar-refractivity contribution in [3.63, 3.8) is 0 Å². The van der Waals surface area contributed by atoms with Crippen LogP contribution in [0.4, 0.5) is 14.5 Å². The van der Waals surface area contributed by atoms with Crippen LogP contribution in [0.15, 0.2) is 70.7 Å². The smallest absolute Gasteiger partial charge is 0.187 e. The zero-order chi connectivity index (χ0) is 23.5. The lowest BCUT2D eigenvalue weighted by Crippen LogP contribution is -2.32. The van der Waals surface area contributed by atoms with Gasteiger partial charge in [-0.2, -0.15) is 0 Å². The van der Waals surface area contributed by atoms with E-state index in [4.69, 9.17) is 16.3 Å². The molecule has 10 heteroatoms. The van der Waals surface area contributed by atoms with Gasteiger partial charge in [0.05, 0.1) is 16.9 Å². The predicted octanol–water partition coefficient (Wildman–Crippen LogP) is 5.71. The number of halogens is 3. The molecule has 6 nitrogen and oxygen atoms in total. The van der Waals surface area contributed by atoms with Crippen LogP contribution in [0, 0.1) is 18.6 Å². The molecule has 1 aliphatic heterocycles. The minimum absolute atomic E-state index is 0.0184. The summed E-state index contributed by atoms with van der Waals surface area (Å²) in [6.07, 6.45) is 9.79. The fraction of sp³-hybridized carbons (Fsp3) is 0.217. The van der Waals surface area contributed by atoms with Crippen molar-refractivity contribution in [2.75, 3.05) is 11.2 Å². The SMILES string of the molecule is CSc1nccc(C2C(Cl)=C(OCc3ncc(F)cc3F)C=C(C)N2c2ccncc2C)n1. The number of hydrogen-bond donors (Lipinski definition) is 0. The number of pyridine rings is 2. The van der Waals surface area contributed by atoms with E-state index in [1.54, 1.807) is 30.7 Å². The van der Waals surface area contributed by atoms with Crippen LogP contribution in [-0.4, -0.2) is 26.2 Å². The Kier molecular flexibility index (Phi) is 6.90. The van der Waals surface area contributed by atoms with Gasteiger partial charge in [0.15, 0.2) is 11.0 Å². The molecule has 3 aromatic rings. The van der Waals surface area contributed by atoms with Crippen molar-refractivity contribution in [3.05, 3.63) is 94.1 Å². The van der Waals surface area contributed by atoms with E-state index in [1.165, 1.54) is 11.8 Å². The predicted molar refractivity (Wildman–Crippen MR) is 124 cm³/mol. The third kappa shape index (κ3) is 4.84. The number of nitrogens with zero attached hydrogens (tertiary/aromatic N) is 5. The van der Waals surface area contributed by atoms with Gasteiger partial charge >= 0.3 is 0 Å². The first-order valence-corrected chi connectivity index (χ1v) is 11.6. The Balaban J connectivity index is 1.76. The molecule has 0 N–H and O–H groups in total. The van der Waals surface area contributed by atoms with Gasteiger partial charge in [-0.15, -0.1) is 0 Å². The second-order valence-electron chi connectivity index (χ2n) is 7.27. The first kappa shape index (κ1) is 23.1. The van der Waals surface area contributed by atoms with Crippen LogP contribution < -0.4 is 4.90 Å². The first-order valence-electron chi connectivity index (χ1n) is 9.96. The summed E-state index contributed by atoms with van der Waals surface area (Å²) in [5, 5.41) is 0.973. The third-order valence-corrected chi connectivity index (χ3v) is 6.02. The topological polar surface area (TPSA) is 64.0 Å². The molecule has 0 bridgehead atoms. The molecule has 3 aromatic heterocycles. The molecule has 0 fully saturated rings. The second kappa shape index (κ2) is 9.84. The number of anilines is 1. The lowest BCUT2D eigenvalue weighted by Gasteiger charge is -2.38. The largest absolute Gasteiger partial charge is 0.486 e. The molecule has 33 heavy (non-hydrogen) atoms. The average Bonchev–Trinajstić information content (AvgIpc) is 2.80. The van der Waals surface area contributed by atoms with E-state index in [1.807, 2.05) is 26.2 Å². The van der Waals surface area contributed by atoms with Gasteiger partial charge in [0.1, 0.15) is 29.9 Å². The van der Waals surface area contributed by atoms with Crippen LogP contribution >= 0.6 is 23.4 Å². The van der Waals surface area contributed by atoms with Gasteiger partial charge in [0, 0.05) is 42.1 Å². The number of aryl methyl sites for hydroxylation is 1. The van der Waals surface area contributed by atoms with Crippen LogP contribution in [-0.2, 0) is 11.3 Å². The molecule has 0 amide bonds. The van der Waals surface area contributed by atoms with E-state index in [9.17, 15) is 8.78 Å². The number of rotatable bonds is 6. The summed E-state index contributed by atoms with van der Waals surface area (Å²) in [6.45, 7) is 3.68. The summed E-state index contributed by atoms with van der Waals surface area (Å²) in [4.78, 5) is 18.9. The molecular formula is C23H20ClF2N5OS. The summed E-state index contributed by atoms with van der Waals surface area (Å²) in [7, 11) is 0. The van der Waals surface area contributed by atoms with E-state index >= 15 is 0 Å². The molecule has 0 saturated heterocycles. The van der Waals surface area contributed by atoms with Crippen molar-refractivity contribution in [1.29, 1.82) is 0 Å². The van der Waals surface area contributed by atoms with Crippen molar-refractivity contribution in [3.8, 4) is 0 Å². The second-order valence-corrected chi connectivity index (χ2v) is 8.45. The summed E-state index contributed by atoms with van der Waals surface area (Å²) >= 11 is 8.31. The molecule has 170 valence electrons. The molecule has 4 heterocycles. The maximum Gasteiger partial charge on any atom is 0.187 e. The first-order chi connectivity index (χ1) is 15.9. The van der Waals surface area contributed by atoms with E-state index in [0.29, 0.717) is 21.6 Å². The Morgan fingerprint density at radius 2 is 1.97 bits per heavy atom. The number of ether oxygens (including phenoxy) is 1. The van der Waals surface area contributed by atoms with Crippen molar-refractivity contribution < 1.29 is 13.5 Å². The standard InChI is InChI=1S/C23H20ClF2N5OS/c1-13-10-27-6-5-19(13)31-14(2)8-20(32-12-18-16(26)9-15(25)11-29-18)21(24)22(31)17-4-7-28-23(30-17)33-3/h4-11,22H,12H2,1-3H3. The minimum Gasteiger partial charge on any atom is -0.486 e. The van der Waals surface area contributed by atoms with Crippen LogP contribution in [0.3, 0.4) is 0 Å². The molecule has 0 saturated carbocycles. The fourth-order valence-corrected chi connectivity index (χ4v) is 4.20. The summed E-state index contributed by atoms with van der Waals surface area (Å²) in [6, 6.07) is 3.97.